The van der Waals surface area contributed by atoms with Gasteiger partial charge in [-0.15, -0.1) is 0 Å². The quantitative estimate of drug-likeness (QED) is 0.821. The second-order valence-electron chi connectivity index (χ2n) is 6.34. The average Bonchev–Trinajstić information content (AvgIpc) is 2.70. The minimum absolute atomic E-state index is 0.00000266. The Bertz CT molecular complexity index is 995. The van der Waals surface area contributed by atoms with Crippen molar-refractivity contribution in [3.8, 4) is 6.07 Å². The van der Waals surface area contributed by atoms with Crippen molar-refractivity contribution < 1.29 is 17.6 Å². The Balaban J connectivity index is 1.57. The van der Waals surface area contributed by atoms with E-state index >= 15 is 0 Å². The first-order valence-electron chi connectivity index (χ1n) is 8.67. The molecular weight excluding hydrogens is 383 g/mol. The normalized spacial score (nSPS) is 15.7. The first kappa shape index (κ1) is 19.9. The van der Waals surface area contributed by atoms with Crippen LogP contribution >= 0.6 is 0 Å². The summed E-state index contributed by atoms with van der Waals surface area (Å²) in [7, 11) is -3.76. The number of nitrogens with zero attached hydrogens (tertiary/aromatic N) is 3. The minimum atomic E-state index is -3.76. The largest absolute Gasteiger partial charge is 0.325 e. The Morgan fingerprint density at radius 1 is 1.07 bits per heavy atom. The number of carbonyl (C=O) groups excluding carboxylic acids is 1. The summed E-state index contributed by atoms with van der Waals surface area (Å²) in [5.74, 6) is -0.633. The lowest BCUT2D eigenvalue weighted by Gasteiger charge is -2.33. The standard InChI is InChI=1S/C19H19FN4O3S/c20-16-5-7-17(8-6-16)22-19(25)14-23-9-11-24(12-10-23)28(26,27)18-4-2-1-3-15(18)13-21/h1-8H,9-12,14H2,(H,22,25). The van der Waals surface area contributed by atoms with E-state index in [1.807, 2.05) is 11.0 Å². The fourth-order valence-corrected chi connectivity index (χ4v) is 4.55. The molecule has 1 N–H and O–H groups in total. The SMILES string of the molecule is N#Cc1ccccc1S(=O)(=O)N1CCN(CC(=O)Nc2ccc(F)cc2)CC1. The lowest BCUT2D eigenvalue weighted by molar-refractivity contribution is -0.117. The van der Waals surface area contributed by atoms with E-state index in [2.05, 4.69) is 5.32 Å². The van der Waals surface area contributed by atoms with Gasteiger partial charge in [0.05, 0.1) is 17.0 Å². The van der Waals surface area contributed by atoms with Gasteiger partial charge in [0.1, 0.15) is 11.9 Å². The van der Waals surface area contributed by atoms with Crippen molar-refractivity contribution >= 4 is 21.6 Å². The summed E-state index contributed by atoms with van der Waals surface area (Å²) < 4.78 is 39.9. The molecule has 2 aromatic carbocycles. The highest BCUT2D eigenvalue weighted by molar-refractivity contribution is 7.89. The van der Waals surface area contributed by atoms with Crippen LogP contribution in [-0.2, 0) is 14.8 Å². The Morgan fingerprint density at radius 2 is 1.71 bits per heavy atom. The summed E-state index contributed by atoms with van der Waals surface area (Å²) in [5.41, 5.74) is 0.615. The molecule has 2 aromatic rings. The molecule has 7 nitrogen and oxygen atoms in total. The molecule has 0 spiro atoms. The van der Waals surface area contributed by atoms with Crippen LogP contribution in [0.3, 0.4) is 0 Å². The van der Waals surface area contributed by atoms with Gasteiger partial charge in [-0.3, -0.25) is 9.69 Å². The highest BCUT2D eigenvalue weighted by atomic mass is 32.2. The Morgan fingerprint density at radius 3 is 2.36 bits per heavy atom. The van der Waals surface area contributed by atoms with Crippen LogP contribution in [0.4, 0.5) is 10.1 Å². The van der Waals surface area contributed by atoms with E-state index < -0.39 is 10.0 Å². The average molecular weight is 402 g/mol. The maximum absolute atomic E-state index is 12.9. The lowest BCUT2D eigenvalue weighted by Crippen LogP contribution is -2.50. The molecule has 0 radical (unpaired) electrons. The van der Waals surface area contributed by atoms with Gasteiger partial charge in [-0.25, -0.2) is 12.8 Å². The third kappa shape index (κ3) is 4.54. The van der Waals surface area contributed by atoms with Crippen LogP contribution < -0.4 is 5.32 Å². The topological polar surface area (TPSA) is 93.5 Å². The number of halogens is 1. The molecule has 3 rings (SSSR count). The second kappa shape index (κ2) is 8.48. The number of nitriles is 1. The van der Waals surface area contributed by atoms with Gasteiger partial charge in [-0.2, -0.15) is 9.57 Å². The molecule has 0 saturated carbocycles. The number of nitrogens with one attached hydrogen (secondary N) is 1. The van der Waals surface area contributed by atoms with Gasteiger partial charge >= 0.3 is 0 Å². The van der Waals surface area contributed by atoms with Gasteiger partial charge in [-0.1, -0.05) is 12.1 Å². The predicted octanol–water partition coefficient (Wildman–Crippen LogP) is 1.64. The van der Waals surface area contributed by atoms with Gasteiger partial charge in [0, 0.05) is 31.9 Å². The van der Waals surface area contributed by atoms with Crippen molar-refractivity contribution in [2.75, 3.05) is 38.0 Å². The monoisotopic (exact) mass is 402 g/mol. The van der Waals surface area contributed by atoms with E-state index in [9.17, 15) is 17.6 Å². The maximum atomic E-state index is 12.9. The van der Waals surface area contributed by atoms with Gasteiger partial charge in [-0.05, 0) is 36.4 Å². The predicted molar refractivity (Wildman–Crippen MR) is 101 cm³/mol. The van der Waals surface area contributed by atoms with Crippen molar-refractivity contribution in [3.63, 3.8) is 0 Å². The summed E-state index contributed by atoms with van der Waals surface area (Å²) in [6.07, 6.45) is 0. The number of hydrogen-bond acceptors (Lipinski definition) is 5. The molecule has 9 heteroatoms. The van der Waals surface area contributed by atoms with Crippen LogP contribution in [0.2, 0.25) is 0 Å². The maximum Gasteiger partial charge on any atom is 0.244 e. The molecule has 1 saturated heterocycles. The number of piperazine rings is 1. The second-order valence-corrected chi connectivity index (χ2v) is 8.25. The van der Waals surface area contributed by atoms with Crippen molar-refractivity contribution in [1.82, 2.24) is 9.21 Å². The van der Waals surface area contributed by atoms with Crippen LogP contribution in [0.25, 0.3) is 0 Å². The Hall–Kier alpha value is -2.80. The number of rotatable bonds is 5. The number of hydrogen-bond donors (Lipinski definition) is 1. The summed E-state index contributed by atoms with van der Waals surface area (Å²) in [4.78, 5) is 14.0. The summed E-state index contributed by atoms with van der Waals surface area (Å²) in [5, 5.41) is 11.8. The number of amides is 1. The molecule has 146 valence electrons. The third-order valence-electron chi connectivity index (χ3n) is 4.45. The minimum Gasteiger partial charge on any atom is -0.325 e. The molecule has 1 amide bonds. The number of anilines is 1. The van der Waals surface area contributed by atoms with Crippen molar-refractivity contribution in [2.45, 2.75) is 4.90 Å². The van der Waals surface area contributed by atoms with Crippen LogP contribution in [0.5, 0.6) is 0 Å². The van der Waals surface area contributed by atoms with E-state index in [-0.39, 0.29) is 41.8 Å². The summed E-state index contributed by atoms with van der Waals surface area (Å²) in [6.45, 7) is 1.35. The van der Waals surface area contributed by atoms with Crippen molar-refractivity contribution in [1.29, 1.82) is 5.26 Å². The molecule has 1 aliphatic rings. The Kier molecular flexibility index (Phi) is 6.04. The zero-order valence-electron chi connectivity index (χ0n) is 15.0. The molecule has 0 aliphatic carbocycles. The smallest absolute Gasteiger partial charge is 0.244 e. The third-order valence-corrected chi connectivity index (χ3v) is 6.41. The summed E-state index contributed by atoms with van der Waals surface area (Å²) in [6, 6.07) is 13.5. The van der Waals surface area contributed by atoms with Crippen LogP contribution in [-0.4, -0.2) is 56.3 Å². The molecule has 1 fully saturated rings. The van der Waals surface area contributed by atoms with Gasteiger partial charge < -0.3 is 5.32 Å². The van der Waals surface area contributed by atoms with Gasteiger partial charge in [0.15, 0.2) is 0 Å². The van der Waals surface area contributed by atoms with Crippen molar-refractivity contribution in [3.05, 3.63) is 59.9 Å². The molecule has 0 unspecified atom stereocenters. The molecule has 0 aromatic heterocycles. The number of sulfonamides is 1. The van der Waals surface area contributed by atoms with E-state index in [1.54, 1.807) is 12.1 Å². The van der Waals surface area contributed by atoms with E-state index in [0.29, 0.717) is 18.8 Å². The van der Waals surface area contributed by atoms with Crippen LogP contribution in [0, 0.1) is 17.1 Å². The van der Waals surface area contributed by atoms with Gasteiger partial charge in [0.25, 0.3) is 0 Å². The fraction of sp³-hybridized carbons (Fsp3) is 0.263. The summed E-state index contributed by atoms with van der Waals surface area (Å²) >= 11 is 0. The molecule has 28 heavy (non-hydrogen) atoms. The molecule has 0 bridgehead atoms. The molecule has 1 heterocycles. The highest BCUT2D eigenvalue weighted by Crippen LogP contribution is 2.21. The number of benzene rings is 2. The van der Waals surface area contributed by atoms with Crippen LogP contribution in [0.1, 0.15) is 5.56 Å². The first-order chi connectivity index (χ1) is 13.4. The van der Waals surface area contributed by atoms with E-state index in [1.165, 1.54) is 40.7 Å². The molecular formula is C19H19FN4O3S. The van der Waals surface area contributed by atoms with E-state index in [0.717, 1.165) is 0 Å². The highest BCUT2D eigenvalue weighted by Gasteiger charge is 2.30. The zero-order valence-corrected chi connectivity index (χ0v) is 15.8. The van der Waals surface area contributed by atoms with Crippen molar-refractivity contribution in [2.24, 2.45) is 0 Å². The molecule has 0 atom stereocenters. The Labute approximate surface area is 163 Å². The first-order valence-corrected chi connectivity index (χ1v) is 10.1. The van der Waals surface area contributed by atoms with E-state index in [4.69, 9.17) is 5.26 Å². The fourth-order valence-electron chi connectivity index (χ4n) is 2.99. The van der Waals surface area contributed by atoms with Crippen LogP contribution in [0.15, 0.2) is 53.4 Å². The number of carbonyl (C=O) groups is 1. The lowest BCUT2D eigenvalue weighted by atomic mass is 10.2. The zero-order chi connectivity index (χ0) is 20.1. The van der Waals surface area contributed by atoms with Gasteiger partial charge in [0.2, 0.25) is 15.9 Å². The molecule has 1 aliphatic heterocycles.